The molecule has 2 aromatic carbocycles. The van der Waals surface area contributed by atoms with Crippen LogP contribution in [0.25, 0.3) is 0 Å². The summed E-state index contributed by atoms with van der Waals surface area (Å²) < 4.78 is 0.200. The van der Waals surface area contributed by atoms with Crippen LogP contribution in [0.5, 0.6) is 0 Å². The molecule has 2 fully saturated rings. The molecule has 2 aliphatic carbocycles. The molecule has 0 aromatic heterocycles. The zero-order valence-electron chi connectivity index (χ0n) is 21.0. The summed E-state index contributed by atoms with van der Waals surface area (Å²) in [5.41, 5.74) is 5.77. The first kappa shape index (κ1) is 23.1. The lowest BCUT2D eigenvalue weighted by molar-refractivity contribution is -0.0785. The predicted molar refractivity (Wildman–Crippen MR) is 143 cm³/mol. The van der Waals surface area contributed by atoms with E-state index in [1.54, 1.807) is 22.3 Å². The first-order valence-corrected chi connectivity index (χ1v) is 14.2. The lowest BCUT2D eigenvalue weighted by Gasteiger charge is -2.49. The van der Waals surface area contributed by atoms with Gasteiger partial charge in [0.25, 0.3) is 0 Å². The van der Waals surface area contributed by atoms with Crippen molar-refractivity contribution in [2.24, 2.45) is 5.92 Å². The second-order valence-electron chi connectivity index (χ2n) is 12.2. The maximum Gasteiger partial charge on any atom is 0.0723 e. The van der Waals surface area contributed by atoms with Crippen molar-refractivity contribution >= 4 is 11.8 Å². The fourth-order valence-corrected chi connectivity index (χ4v) is 9.09. The molecule has 2 aromatic rings. The van der Waals surface area contributed by atoms with Crippen molar-refractivity contribution in [1.29, 1.82) is 0 Å². The van der Waals surface area contributed by atoms with Crippen molar-refractivity contribution in [3.05, 3.63) is 70.8 Å². The minimum absolute atomic E-state index is 0.115. The maximum absolute atomic E-state index is 11.9. The van der Waals surface area contributed by atoms with Crippen molar-refractivity contribution in [2.45, 2.75) is 79.9 Å². The molecule has 0 saturated carbocycles. The molecule has 6 rings (SSSR count). The number of rotatable bonds is 4. The van der Waals surface area contributed by atoms with Gasteiger partial charge in [0, 0.05) is 41.6 Å². The molecule has 0 amide bonds. The van der Waals surface area contributed by atoms with Crippen LogP contribution >= 0.6 is 11.8 Å². The first-order chi connectivity index (χ1) is 16.3. The van der Waals surface area contributed by atoms with Crippen LogP contribution in [0.1, 0.15) is 81.0 Å². The predicted octanol–water partition coefficient (Wildman–Crippen LogP) is 5.51. The van der Waals surface area contributed by atoms with Crippen LogP contribution in [0, 0.1) is 5.92 Å². The van der Waals surface area contributed by atoms with Crippen LogP contribution in [0.4, 0.5) is 0 Å². The van der Waals surface area contributed by atoms with Crippen molar-refractivity contribution in [2.75, 3.05) is 26.2 Å². The zero-order chi connectivity index (χ0) is 23.6. The van der Waals surface area contributed by atoms with E-state index in [9.17, 15) is 5.11 Å². The molecule has 3 nitrogen and oxygen atoms in total. The second kappa shape index (κ2) is 8.37. The van der Waals surface area contributed by atoms with E-state index in [1.807, 2.05) is 11.8 Å². The lowest BCUT2D eigenvalue weighted by Crippen LogP contribution is -2.57. The first-order valence-electron chi connectivity index (χ1n) is 13.3. The van der Waals surface area contributed by atoms with Gasteiger partial charge in [-0.3, -0.25) is 0 Å². The van der Waals surface area contributed by atoms with Gasteiger partial charge in [-0.1, -0.05) is 69.3 Å². The molecule has 34 heavy (non-hydrogen) atoms. The summed E-state index contributed by atoms with van der Waals surface area (Å²) in [5, 5.41) is 16.0. The summed E-state index contributed by atoms with van der Waals surface area (Å²) in [4.78, 5) is 2.66. The third kappa shape index (κ3) is 3.77. The Labute approximate surface area is 209 Å². The van der Waals surface area contributed by atoms with Gasteiger partial charge in [-0.15, -0.1) is 11.8 Å². The van der Waals surface area contributed by atoms with Gasteiger partial charge in [0.2, 0.25) is 0 Å². The largest absolute Gasteiger partial charge is 0.389 e. The molecular formula is C30H40N2OS. The monoisotopic (exact) mass is 476 g/mol. The summed E-state index contributed by atoms with van der Waals surface area (Å²) in [6.45, 7) is 11.0. The molecule has 2 saturated heterocycles. The van der Waals surface area contributed by atoms with Crippen LogP contribution in [-0.4, -0.2) is 51.9 Å². The fraction of sp³-hybridized carbons (Fsp3) is 0.600. The summed E-state index contributed by atoms with van der Waals surface area (Å²) >= 11 is 2.01. The van der Waals surface area contributed by atoms with Gasteiger partial charge in [-0.25, -0.2) is 0 Å². The number of thioether (sulfide) groups is 1. The smallest absolute Gasteiger partial charge is 0.0723 e. The second-order valence-corrected chi connectivity index (χ2v) is 14.2. The van der Waals surface area contributed by atoms with E-state index in [4.69, 9.17) is 0 Å². The molecular weight excluding hydrogens is 436 g/mol. The minimum atomic E-state index is -0.547. The Morgan fingerprint density at radius 1 is 1.00 bits per heavy atom. The van der Waals surface area contributed by atoms with E-state index in [2.05, 4.69) is 79.5 Å². The Hall–Kier alpha value is -1.33. The number of nitrogens with one attached hydrogen (secondary N) is 1. The van der Waals surface area contributed by atoms with E-state index >= 15 is 0 Å². The highest BCUT2D eigenvalue weighted by atomic mass is 32.2. The SMILES string of the molecule is CC(C)(C)SC1NCCCC1C1(O)CCN(CC23CC(c4ccccc42)c2ccccc23)CC1. The number of likely N-dealkylation sites (tertiary alicyclic amines) is 1. The van der Waals surface area contributed by atoms with E-state index in [-0.39, 0.29) is 10.2 Å². The fourth-order valence-electron chi connectivity index (χ4n) is 7.58. The van der Waals surface area contributed by atoms with Crippen LogP contribution in [0.2, 0.25) is 0 Å². The Kier molecular flexibility index (Phi) is 5.68. The van der Waals surface area contributed by atoms with Gasteiger partial charge >= 0.3 is 0 Å². The van der Waals surface area contributed by atoms with Gasteiger partial charge in [0.05, 0.1) is 11.0 Å². The molecule has 0 spiro atoms. The van der Waals surface area contributed by atoms with Gasteiger partial charge in [0.15, 0.2) is 0 Å². The molecule has 2 atom stereocenters. The van der Waals surface area contributed by atoms with E-state index in [1.165, 1.54) is 12.8 Å². The Morgan fingerprint density at radius 2 is 1.62 bits per heavy atom. The van der Waals surface area contributed by atoms with Crippen LogP contribution in [0.15, 0.2) is 48.5 Å². The highest BCUT2D eigenvalue weighted by molar-refractivity contribution is 8.01. The summed E-state index contributed by atoms with van der Waals surface area (Å²) in [5.74, 6) is 0.896. The van der Waals surface area contributed by atoms with Gasteiger partial charge in [0.1, 0.15) is 0 Å². The van der Waals surface area contributed by atoms with Crippen molar-refractivity contribution in [3.8, 4) is 0 Å². The van der Waals surface area contributed by atoms with Crippen LogP contribution in [0.3, 0.4) is 0 Å². The van der Waals surface area contributed by atoms with Gasteiger partial charge in [-0.05, 0) is 60.9 Å². The standard InChI is InChI=1S/C30H40N2OS/c1-28(2,3)34-27-26(13-8-16-31-27)30(33)14-17-32(18-15-30)20-29-19-23(21-9-4-6-11-24(21)29)22-10-5-7-12-25(22)29/h4-7,9-12,23,26-27,31,33H,8,13-20H2,1-3H3. The van der Waals surface area contributed by atoms with Gasteiger partial charge < -0.3 is 15.3 Å². The molecule has 2 bridgehead atoms. The molecule has 2 aliphatic heterocycles. The molecule has 2 heterocycles. The number of hydrogen-bond acceptors (Lipinski definition) is 4. The van der Waals surface area contributed by atoms with Crippen LogP contribution < -0.4 is 5.32 Å². The Balaban J connectivity index is 1.21. The Morgan fingerprint density at radius 3 is 2.24 bits per heavy atom. The number of piperidine rings is 2. The third-order valence-corrected chi connectivity index (χ3v) is 10.5. The summed E-state index contributed by atoms with van der Waals surface area (Å²) in [6.07, 6.45) is 5.32. The third-order valence-electron chi connectivity index (χ3n) is 9.05. The quantitative estimate of drug-likeness (QED) is 0.610. The minimum Gasteiger partial charge on any atom is -0.389 e. The topological polar surface area (TPSA) is 35.5 Å². The van der Waals surface area contributed by atoms with Crippen LogP contribution in [-0.2, 0) is 5.41 Å². The highest BCUT2D eigenvalue weighted by Crippen LogP contribution is 2.60. The molecule has 0 radical (unpaired) electrons. The normalized spacial score (nSPS) is 32.4. The van der Waals surface area contributed by atoms with Crippen molar-refractivity contribution in [1.82, 2.24) is 10.2 Å². The summed E-state index contributed by atoms with van der Waals surface area (Å²) in [6, 6.07) is 18.3. The summed E-state index contributed by atoms with van der Waals surface area (Å²) in [7, 11) is 0. The zero-order valence-corrected chi connectivity index (χ0v) is 21.8. The Bertz CT molecular complexity index is 1000. The molecule has 4 heteroatoms. The molecule has 182 valence electrons. The number of aliphatic hydroxyl groups is 1. The number of fused-ring (bicyclic) bond motifs is 8. The molecule has 4 aliphatic rings. The lowest BCUT2D eigenvalue weighted by atomic mass is 9.73. The average Bonchev–Trinajstić information content (AvgIpc) is 3.32. The molecule has 2 N–H and O–H groups in total. The van der Waals surface area contributed by atoms with E-state index in [0.29, 0.717) is 17.2 Å². The average molecular weight is 477 g/mol. The number of hydrogen-bond donors (Lipinski definition) is 2. The number of benzene rings is 2. The number of nitrogens with zero attached hydrogens (tertiary/aromatic N) is 1. The van der Waals surface area contributed by atoms with Crippen molar-refractivity contribution < 1.29 is 5.11 Å². The van der Waals surface area contributed by atoms with E-state index < -0.39 is 5.60 Å². The van der Waals surface area contributed by atoms with Crippen molar-refractivity contribution in [3.63, 3.8) is 0 Å². The highest BCUT2D eigenvalue weighted by Gasteiger charge is 2.54. The van der Waals surface area contributed by atoms with Gasteiger partial charge in [-0.2, -0.15) is 0 Å². The maximum atomic E-state index is 11.9. The van der Waals surface area contributed by atoms with E-state index in [0.717, 1.165) is 45.4 Å². The molecule has 2 unspecified atom stereocenters.